The summed E-state index contributed by atoms with van der Waals surface area (Å²) in [6.07, 6.45) is 0. The summed E-state index contributed by atoms with van der Waals surface area (Å²) in [4.78, 5) is 20.9. The molecular weight excluding hydrogens is 312 g/mol. The molecule has 0 saturated carbocycles. The topological polar surface area (TPSA) is 126 Å². The van der Waals surface area contributed by atoms with Crippen molar-refractivity contribution in [3.8, 4) is 0 Å². The largest absolute Gasteiger partial charge is 0.875 e. The molecule has 0 spiro atoms. The van der Waals surface area contributed by atoms with E-state index in [1.165, 1.54) is 6.92 Å². The molecule has 0 amide bonds. The molecule has 6 nitrogen and oxygen atoms in total. The van der Waals surface area contributed by atoms with Crippen LogP contribution in [0.5, 0.6) is 0 Å². The first-order valence-corrected chi connectivity index (χ1v) is 7.23. The van der Waals surface area contributed by atoms with Crippen LogP contribution < -0.4 is 20.4 Å². The van der Waals surface area contributed by atoms with Gasteiger partial charge in [0.1, 0.15) is 0 Å². The lowest BCUT2D eigenvalue weighted by molar-refractivity contribution is -0.331. The molecule has 3 aliphatic carbocycles. The van der Waals surface area contributed by atoms with E-state index >= 15 is 0 Å². The predicted octanol–water partition coefficient (Wildman–Crippen LogP) is -1.13. The standard InChI is InChI=1S/2C6H8O2.C6H6O2/c3*1-3-5(7)4(2)6(3)8/h7-8H,1-2H3;3,7H,1-2H3;7H,1H2,2H3/p-4. The second-order valence-corrected chi connectivity index (χ2v) is 5.75. The Bertz CT molecular complexity index is 683. The van der Waals surface area contributed by atoms with Gasteiger partial charge in [0.15, 0.2) is 11.6 Å². The van der Waals surface area contributed by atoms with Crippen LogP contribution in [0.2, 0.25) is 0 Å². The third kappa shape index (κ3) is 3.13. The van der Waals surface area contributed by atoms with E-state index in [-0.39, 0.29) is 46.1 Å². The number of hydrogen-bond acceptors (Lipinski definition) is 6. The maximum absolute atomic E-state index is 10.5. The molecule has 3 rings (SSSR count). The van der Waals surface area contributed by atoms with Crippen molar-refractivity contribution in [3.63, 3.8) is 0 Å². The van der Waals surface area contributed by atoms with Gasteiger partial charge in [0.2, 0.25) is 0 Å². The normalized spacial score (nSPS) is 22.2. The average molecular weight is 330 g/mol. The van der Waals surface area contributed by atoms with Gasteiger partial charge in [-0.2, -0.15) is 0 Å². The zero-order chi connectivity index (χ0) is 18.9. The van der Waals surface area contributed by atoms with Crippen LogP contribution in [0.25, 0.3) is 0 Å². The van der Waals surface area contributed by atoms with Crippen LogP contribution in [0.4, 0.5) is 0 Å². The van der Waals surface area contributed by atoms with Crippen molar-refractivity contribution in [1.29, 1.82) is 0 Å². The lowest BCUT2D eigenvalue weighted by Gasteiger charge is -2.35. The molecule has 0 aliphatic heterocycles. The van der Waals surface area contributed by atoms with E-state index in [1.54, 1.807) is 27.7 Å². The zero-order valence-corrected chi connectivity index (χ0v) is 14.2. The summed E-state index contributed by atoms with van der Waals surface area (Å²) in [5.41, 5.74) is 1.61. The third-order valence-corrected chi connectivity index (χ3v) is 4.12. The van der Waals surface area contributed by atoms with Crippen LogP contribution in [0.15, 0.2) is 57.5 Å². The number of carbonyl (C=O) groups excluding carboxylic acids is 2. The summed E-state index contributed by atoms with van der Waals surface area (Å²) in [5.74, 6) is -0.838. The molecule has 0 fully saturated rings. The lowest BCUT2D eigenvalue weighted by Crippen LogP contribution is -2.34. The molecule has 1 atom stereocenters. The first-order chi connectivity index (χ1) is 10.9. The fraction of sp³-hybridized carbons (Fsp3) is 0.333. The first-order valence-electron chi connectivity index (χ1n) is 7.23. The molecule has 1 unspecified atom stereocenters. The van der Waals surface area contributed by atoms with Crippen molar-refractivity contribution in [2.24, 2.45) is 5.92 Å². The van der Waals surface area contributed by atoms with Crippen LogP contribution in [-0.4, -0.2) is 11.6 Å². The van der Waals surface area contributed by atoms with Gasteiger partial charge in [-0.25, -0.2) is 0 Å². The van der Waals surface area contributed by atoms with Crippen molar-refractivity contribution in [2.75, 3.05) is 0 Å². The first kappa shape index (κ1) is 19.3. The second-order valence-electron chi connectivity index (χ2n) is 5.75. The summed E-state index contributed by atoms with van der Waals surface area (Å²) in [7, 11) is 0. The summed E-state index contributed by atoms with van der Waals surface area (Å²) < 4.78 is 0. The van der Waals surface area contributed by atoms with E-state index in [0.717, 1.165) is 0 Å². The lowest BCUT2D eigenvalue weighted by atomic mass is 9.85. The molecule has 0 heterocycles. The molecule has 0 radical (unpaired) electrons. The van der Waals surface area contributed by atoms with Crippen LogP contribution in [-0.2, 0) is 9.59 Å². The molecule has 0 aromatic heterocycles. The van der Waals surface area contributed by atoms with Crippen molar-refractivity contribution >= 4 is 11.6 Å². The van der Waals surface area contributed by atoms with E-state index < -0.39 is 0 Å². The number of ketones is 2. The number of rotatable bonds is 0. The number of Topliss-reactive ketones (excluding diaryl/α,β-unsaturated/α-hetero) is 2. The van der Waals surface area contributed by atoms with Gasteiger partial charge in [-0.05, 0) is 38.8 Å². The minimum atomic E-state index is -0.338. The van der Waals surface area contributed by atoms with E-state index in [0.29, 0.717) is 22.3 Å². The van der Waals surface area contributed by atoms with Crippen LogP contribution in [0.3, 0.4) is 0 Å². The molecule has 0 bridgehead atoms. The SMILES string of the molecule is C=C1C(=O)C(C)=C1[O-].CC1=C([O-])C(C)=C1[O-].CC1=C([O-])C(C)C1=O. The fourth-order valence-corrected chi connectivity index (χ4v) is 2.11. The Hall–Kier alpha value is -2.76. The van der Waals surface area contributed by atoms with Gasteiger partial charge in [-0.15, -0.1) is 17.3 Å². The van der Waals surface area contributed by atoms with Gasteiger partial charge < -0.3 is 20.4 Å². The van der Waals surface area contributed by atoms with Crippen molar-refractivity contribution in [1.82, 2.24) is 0 Å². The highest BCUT2D eigenvalue weighted by atomic mass is 16.3. The van der Waals surface area contributed by atoms with E-state index in [4.69, 9.17) is 0 Å². The minimum Gasteiger partial charge on any atom is -0.875 e. The number of carbonyl (C=O) groups is 2. The maximum atomic E-state index is 10.5. The quantitative estimate of drug-likeness (QED) is 0.517. The third-order valence-electron chi connectivity index (χ3n) is 4.12. The second kappa shape index (κ2) is 6.78. The number of hydrogen-bond donors (Lipinski definition) is 0. The maximum Gasteiger partial charge on any atom is 0.186 e. The van der Waals surface area contributed by atoms with Gasteiger partial charge in [0.05, 0.1) is 0 Å². The Morgan fingerprint density at radius 2 is 1.17 bits per heavy atom. The van der Waals surface area contributed by atoms with E-state index in [1.807, 2.05) is 0 Å². The highest BCUT2D eigenvalue weighted by molar-refractivity contribution is 6.17. The zero-order valence-electron chi connectivity index (χ0n) is 14.2. The van der Waals surface area contributed by atoms with Crippen LogP contribution >= 0.6 is 0 Å². The van der Waals surface area contributed by atoms with Gasteiger partial charge >= 0.3 is 0 Å². The predicted molar refractivity (Wildman–Crippen MR) is 79.1 cm³/mol. The molecule has 24 heavy (non-hydrogen) atoms. The summed E-state index contributed by atoms with van der Waals surface area (Å²) >= 11 is 0. The molecule has 0 aromatic carbocycles. The molecule has 6 heteroatoms. The summed E-state index contributed by atoms with van der Waals surface area (Å²) in [6, 6.07) is 0. The Morgan fingerprint density at radius 3 is 1.29 bits per heavy atom. The van der Waals surface area contributed by atoms with Crippen molar-refractivity contribution in [3.05, 3.63) is 57.5 Å². The minimum absolute atomic E-state index is 0.00926. The summed E-state index contributed by atoms with van der Waals surface area (Å²) in [5, 5.41) is 41.9. The molecule has 0 aromatic rings. The Kier molecular flexibility index (Phi) is 5.45. The van der Waals surface area contributed by atoms with Crippen molar-refractivity contribution in [2.45, 2.75) is 34.6 Å². The highest BCUT2D eigenvalue weighted by Crippen LogP contribution is 2.26. The van der Waals surface area contributed by atoms with Gasteiger partial charge in [0, 0.05) is 11.5 Å². The Labute approximate surface area is 140 Å². The van der Waals surface area contributed by atoms with Gasteiger partial charge in [0.25, 0.3) is 0 Å². The monoisotopic (exact) mass is 330 g/mol. The smallest absolute Gasteiger partial charge is 0.186 e. The van der Waals surface area contributed by atoms with E-state index in [2.05, 4.69) is 6.58 Å². The van der Waals surface area contributed by atoms with Crippen molar-refractivity contribution < 1.29 is 30.0 Å². The summed E-state index contributed by atoms with van der Waals surface area (Å²) in [6.45, 7) is 11.1. The Balaban J connectivity index is 0.000000180. The molecule has 0 saturated heterocycles. The van der Waals surface area contributed by atoms with Gasteiger partial charge in [-0.1, -0.05) is 30.4 Å². The molecular formula is C18H18O6-4. The molecule has 0 N–H and O–H groups in total. The molecule has 130 valence electrons. The van der Waals surface area contributed by atoms with Crippen LogP contribution in [0, 0.1) is 5.92 Å². The average Bonchev–Trinajstić information content (AvgIpc) is 2.63. The fourth-order valence-electron chi connectivity index (χ4n) is 2.11. The number of allylic oxidation sites excluding steroid dienone is 6. The Morgan fingerprint density at radius 1 is 0.750 bits per heavy atom. The van der Waals surface area contributed by atoms with Gasteiger partial charge in [-0.3, -0.25) is 9.59 Å². The van der Waals surface area contributed by atoms with E-state index in [9.17, 15) is 30.0 Å². The molecule has 3 aliphatic rings. The highest BCUT2D eigenvalue weighted by Gasteiger charge is 2.24. The van der Waals surface area contributed by atoms with Crippen LogP contribution in [0.1, 0.15) is 34.6 Å².